The molecule has 2 heterocycles. The molecule has 4 heteroatoms. The highest BCUT2D eigenvalue weighted by Gasteiger charge is 2.31. The van der Waals surface area contributed by atoms with Crippen molar-refractivity contribution in [2.75, 3.05) is 4.90 Å². The predicted octanol–water partition coefficient (Wildman–Crippen LogP) is 1.53. The third-order valence-electron chi connectivity index (χ3n) is 2.29. The molecule has 1 N–H and O–H groups in total. The molecule has 1 unspecified atom stereocenters. The van der Waals surface area contributed by atoms with E-state index in [4.69, 9.17) is 0 Å². The highest BCUT2D eigenvalue weighted by Crippen LogP contribution is 2.42. The minimum Gasteiger partial charge on any atom is -0.323 e. The first-order valence-corrected chi connectivity index (χ1v) is 5.25. The molecule has 0 fully saturated rings. The van der Waals surface area contributed by atoms with E-state index < -0.39 is 0 Å². The lowest BCUT2D eigenvalue weighted by Crippen LogP contribution is -2.44. The summed E-state index contributed by atoms with van der Waals surface area (Å²) in [7, 11) is 0. The monoisotopic (exact) mass is 204 g/mol. The van der Waals surface area contributed by atoms with Gasteiger partial charge in [-0.25, -0.2) is 0 Å². The zero-order chi connectivity index (χ0) is 9.54. The standard InChI is InChI=1S/C10H8N2OS/c13-9-5-6-12-7-3-1-2-4-8(7)14-10(12)11-9/h1-6,10H,(H,11,13). The normalized spacial score (nSPS) is 23.0. The van der Waals surface area contributed by atoms with Crippen LogP contribution in [0, 0.1) is 0 Å². The van der Waals surface area contributed by atoms with E-state index in [0.29, 0.717) is 0 Å². The molecule has 2 aliphatic heterocycles. The van der Waals surface area contributed by atoms with Crippen molar-refractivity contribution in [3.05, 3.63) is 36.5 Å². The first-order valence-electron chi connectivity index (χ1n) is 4.37. The van der Waals surface area contributed by atoms with Gasteiger partial charge in [0.05, 0.1) is 5.69 Å². The zero-order valence-corrected chi connectivity index (χ0v) is 8.12. The Hall–Kier alpha value is -1.42. The lowest BCUT2D eigenvalue weighted by Gasteiger charge is -2.26. The molecule has 14 heavy (non-hydrogen) atoms. The first-order chi connectivity index (χ1) is 6.84. The Bertz CT molecular complexity index is 430. The van der Waals surface area contributed by atoms with Crippen molar-refractivity contribution in [2.24, 2.45) is 0 Å². The number of hydrogen-bond donors (Lipinski definition) is 1. The van der Waals surface area contributed by atoms with Crippen molar-refractivity contribution in [2.45, 2.75) is 10.4 Å². The van der Waals surface area contributed by atoms with Crippen LogP contribution in [0.5, 0.6) is 0 Å². The molecule has 1 atom stereocenters. The molecule has 1 aromatic rings. The molecule has 0 radical (unpaired) electrons. The van der Waals surface area contributed by atoms with Crippen LogP contribution in [0.1, 0.15) is 0 Å². The highest BCUT2D eigenvalue weighted by atomic mass is 32.2. The maximum Gasteiger partial charge on any atom is 0.247 e. The topological polar surface area (TPSA) is 32.3 Å². The van der Waals surface area contributed by atoms with Crippen LogP contribution in [0.2, 0.25) is 0 Å². The van der Waals surface area contributed by atoms with E-state index in [1.807, 2.05) is 18.3 Å². The average molecular weight is 204 g/mol. The van der Waals surface area contributed by atoms with Gasteiger partial charge in [-0.05, 0) is 12.1 Å². The number of rotatable bonds is 0. The Kier molecular flexibility index (Phi) is 1.58. The van der Waals surface area contributed by atoms with Crippen molar-refractivity contribution in [1.82, 2.24) is 5.32 Å². The van der Waals surface area contributed by atoms with Gasteiger partial charge in [-0.3, -0.25) is 4.79 Å². The Morgan fingerprint density at radius 3 is 3.14 bits per heavy atom. The number of hydrogen-bond acceptors (Lipinski definition) is 3. The molecule has 1 aromatic carbocycles. The Balaban J connectivity index is 2.07. The van der Waals surface area contributed by atoms with Gasteiger partial charge in [0, 0.05) is 17.2 Å². The van der Waals surface area contributed by atoms with Gasteiger partial charge in [-0.2, -0.15) is 0 Å². The van der Waals surface area contributed by atoms with Crippen LogP contribution in [0.15, 0.2) is 41.4 Å². The molecule has 0 bridgehead atoms. The molecule has 70 valence electrons. The van der Waals surface area contributed by atoms with Crippen LogP contribution in [0.4, 0.5) is 5.69 Å². The summed E-state index contributed by atoms with van der Waals surface area (Å²) in [5.74, 6) is -0.0217. The van der Waals surface area contributed by atoms with Crippen molar-refractivity contribution in [3.63, 3.8) is 0 Å². The van der Waals surface area contributed by atoms with Gasteiger partial charge < -0.3 is 10.2 Å². The molecular weight excluding hydrogens is 196 g/mol. The van der Waals surface area contributed by atoms with Crippen LogP contribution >= 0.6 is 11.8 Å². The minimum atomic E-state index is -0.0217. The molecule has 0 aliphatic carbocycles. The fourth-order valence-electron chi connectivity index (χ4n) is 1.65. The van der Waals surface area contributed by atoms with E-state index in [-0.39, 0.29) is 11.4 Å². The van der Waals surface area contributed by atoms with Gasteiger partial charge in [0.15, 0.2) is 5.50 Å². The van der Waals surface area contributed by atoms with Crippen molar-refractivity contribution < 1.29 is 4.79 Å². The number of carbonyl (C=O) groups is 1. The molecule has 2 aliphatic rings. The lowest BCUT2D eigenvalue weighted by molar-refractivity contribution is -0.116. The number of thioether (sulfide) groups is 1. The number of nitrogens with one attached hydrogen (secondary N) is 1. The third kappa shape index (κ3) is 1.04. The van der Waals surface area contributed by atoms with E-state index in [0.717, 1.165) is 0 Å². The summed E-state index contributed by atoms with van der Waals surface area (Å²) < 4.78 is 0. The van der Waals surface area contributed by atoms with Crippen molar-refractivity contribution in [1.29, 1.82) is 0 Å². The molecule has 3 nitrogen and oxygen atoms in total. The van der Waals surface area contributed by atoms with Gasteiger partial charge in [-0.1, -0.05) is 23.9 Å². The SMILES string of the molecule is O=C1C=CN2c3ccccc3SC2N1. The average Bonchev–Trinajstić information content (AvgIpc) is 2.54. The smallest absolute Gasteiger partial charge is 0.247 e. The van der Waals surface area contributed by atoms with E-state index in [9.17, 15) is 4.79 Å². The summed E-state index contributed by atoms with van der Waals surface area (Å²) in [5.41, 5.74) is 1.20. The Labute approximate surface area is 85.8 Å². The lowest BCUT2D eigenvalue weighted by atomic mass is 10.3. The number of benzene rings is 1. The van der Waals surface area contributed by atoms with Gasteiger partial charge >= 0.3 is 0 Å². The van der Waals surface area contributed by atoms with Crippen LogP contribution in [-0.4, -0.2) is 11.4 Å². The number of amides is 1. The highest BCUT2D eigenvalue weighted by molar-refractivity contribution is 8.00. The predicted molar refractivity (Wildman–Crippen MR) is 55.8 cm³/mol. The number of fused-ring (bicyclic) bond motifs is 3. The molecule has 0 saturated heterocycles. The van der Waals surface area contributed by atoms with Gasteiger partial charge in [0.2, 0.25) is 5.91 Å². The van der Waals surface area contributed by atoms with E-state index in [2.05, 4.69) is 22.3 Å². The quantitative estimate of drug-likeness (QED) is 0.695. The van der Waals surface area contributed by atoms with Crippen LogP contribution in [-0.2, 0) is 4.79 Å². The third-order valence-corrected chi connectivity index (χ3v) is 3.45. The summed E-state index contributed by atoms with van der Waals surface area (Å²) >= 11 is 1.67. The largest absolute Gasteiger partial charge is 0.323 e. The molecule has 3 rings (SSSR count). The Morgan fingerprint density at radius 2 is 2.21 bits per heavy atom. The summed E-state index contributed by atoms with van der Waals surface area (Å²) in [6.07, 6.45) is 3.39. The van der Waals surface area contributed by atoms with Crippen LogP contribution < -0.4 is 10.2 Å². The first kappa shape index (κ1) is 7.94. The molecular formula is C10H8N2OS. The van der Waals surface area contributed by atoms with E-state index in [1.54, 1.807) is 17.8 Å². The second-order valence-electron chi connectivity index (χ2n) is 3.17. The molecule has 0 saturated carbocycles. The van der Waals surface area contributed by atoms with Crippen molar-refractivity contribution >= 4 is 23.4 Å². The summed E-state index contributed by atoms with van der Waals surface area (Å²) in [6, 6.07) is 8.14. The van der Waals surface area contributed by atoms with Gasteiger partial charge in [0.1, 0.15) is 0 Å². The summed E-state index contributed by atoms with van der Waals surface area (Å²) in [4.78, 5) is 14.4. The Morgan fingerprint density at radius 1 is 1.36 bits per heavy atom. The van der Waals surface area contributed by atoms with Gasteiger partial charge in [0.25, 0.3) is 0 Å². The van der Waals surface area contributed by atoms with E-state index in [1.165, 1.54) is 10.6 Å². The molecule has 0 spiro atoms. The maximum atomic E-state index is 11.1. The number of anilines is 1. The molecule has 1 amide bonds. The zero-order valence-electron chi connectivity index (χ0n) is 7.31. The maximum absolute atomic E-state index is 11.1. The minimum absolute atomic E-state index is 0.0217. The number of para-hydroxylation sites is 1. The number of carbonyl (C=O) groups excluding carboxylic acids is 1. The van der Waals surface area contributed by atoms with Gasteiger partial charge in [-0.15, -0.1) is 0 Å². The van der Waals surface area contributed by atoms with Crippen LogP contribution in [0.25, 0.3) is 0 Å². The summed E-state index contributed by atoms with van der Waals surface area (Å²) in [5, 5.41) is 2.89. The second-order valence-corrected chi connectivity index (χ2v) is 4.29. The van der Waals surface area contributed by atoms with E-state index >= 15 is 0 Å². The summed E-state index contributed by atoms with van der Waals surface area (Å²) in [6.45, 7) is 0. The van der Waals surface area contributed by atoms with Crippen molar-refractivity contribution in [3.8, 4) is 0 Å². The molecule has 0 aromatic heterocycles. The second kappa shape index (κ2) is 2.78. The number of nitrogens with zero attached hydrogens (tertiary/aromatic N) is 1. The fraction of sp³-hybridized carbons (Fsp3) is 0.100. The fourth-order valence-corrected chi connectivity index (χ4v) is 2.81. The van der Waals surface area contributed by atoms with Crippen LogP contribution in [0.3, 0.4) is 0 Å².